The molecule has 0 saturated heterocycles. The second kappa shape index (κ2) is 6.15. The molecule has 0 amide bonds. The molecule has 17 heavy (non-hydrogen) atoms. The van der Waals surface area contributed by atoms with Gasteiger partial charge < -0.3 is 14.3 Å². The molecule has 1 aromatic heterocycles. The van der Waals surface area contributed by atoms with Crippen LogP contribution >= 0.6 is 0 Å². The predicted molar refractivity (Wildman–Crippen MR) is 60.9 cm³/mol. The summed E-state index contributed by atoms with van der Waals surface area (Å²) in [7, 11) is -2.09. The largest absolute Gasteiger partial charge is 0.446 e. The Kier molecular flexibility index (Phi) is 5.13. The van der Waals surface area contributed by atoms with E-state index in [1.807, 2.05) is 6.92 Å². The first-order valence-electron chi connectivity index (χ1n) is 5.17. The van der Waals surface area contributed by atoms with E-state index < -0.39 is 10.0 Å². The van der Waals surface area contributed by atoms with Crippen LogP contribution in [0.2, 0.25) is 0 Å². The number of rotatable bonds is 7. The van der Waals surface area contributed by atoms with Crippen LogP contribution in [0.1, 0.15) is 12.7 Å². The lowest BCUT2D eigenvalue weighted by molar-refractivity contribution is 0.161. The maximum Gasteiger partial charge on any atom is 0.273 e. The van der Waals surface area contributed by atoms with E-state index >= 15 is 0 Å². The zero-order valence-electron chi connectivity index (χ0n) is 9.84. The normalized spacial score (nSPS) is 13.8. The molecular formula is C10H17NO5S. The quantitative estimate of drug-likeness (QED) is 0.740. The molecule has 0 aromatic carbocycles. The number of nitrogens with one attached hydrogen (secondary N) is 1. The van der Waals surface area contributed by atoms with Crippen molar-refractivity contribution in [3.63, 3.8) is 0 Å². The topological polar surface area (TPSA) is 88.8 Å². The minimum Gasteiger partial charge on any atom is -0.446 e. The van der Waals surface area contributed by atoms with Gasteiger partial charge in [-0.25, -0.2) is 13.1 Å². The highest BCUT2D eigenvalue weighted by molar-refractivity contribution is 7.89. The molecule has 0 radical (unpaired) electrons. The van der Waals surface area contributed by atoms with Gasteiger partial charge in [0.05, 0.1) is 0 Å². The third-order valence-electron chi connectivity index (χ3n) is 2.13. The van der Waals surface area contributed by atoms with E-state index in [-0.39, 0.29) is 29.9 Å². The zero-order valence-corrected chi connectivity index (χ0v) is 10.7. The van der Waals surface area contributed by atoms with Crippen LogP contribution in [0.25, 0.3) is 0 Å². The van der Waals surface area contributed by atoms with Crippen molar-refractivity contribution in [1.29, 1.82) is 0 Å². The zero-order chi connectivity index (χ0) is 12.9. The molecule has 0 fully saturated rings. The van der Waals surface area contributed by atoms with Crippen molar-refractivity contribution in [3.8, 4) is 0 Å². The van der Waals surface area contributed by atoms with Gasteiger partial charge in [0.1, 0.15) is 12.4 Å². The van der Waals surface area contributed by atoms with E-state index in [2.05, 4.69) is 4.72 Å². The first kappa shape index (κ1) is 14.2. The van der Waals surface area contributed by atoms with Crippen molar-refractivity contribution < 1.29 is 22.7 Å². The average Bonchev–Trinajstić information content (AvgIpc) is 2.76. The van der Waals surface area contributed by atoms with Gasteiger partial charge >= 0.3 is 0 Å². The van der Waals surface area contributed by atoms with Gasteiger partial charge in [-0.05, 0) is 18.1 Å². The summed E-state index contributed by atoms with van der Waals surface area (Å²) in [6.45, 7) is 2.29. The Morgan fingerprint density at radius 3 is 2.76 bits per heavy atom. The number of furan rings is 1. The molecule has 1 unspecified atom stereocenters. The first-order valence-corrected chi connectivity index (χ1v) is 6.66. The molecule has 2 N–H and O–H groups in total. The van der Waals surface area contributed by atoms with E-state index in [0.717, 1.165) is 0 Å². The molecule has 98 valence electrons. The van der Waals surface area contributed by atoms with E-state index in [1.54, 1.807) is 7.11 Å². The van der Waals surface area contributed by atoms with Crippen molar-refractivity contribution in [3.05, 3.63) is 17.9 Å². The molecule has 7 heteroatoms. The molecule has 1 heterocycles. The molecule has 0 bridgehead atoms. The summed E-state index contributed by atoms with van der Waals surface area (Å²) in [6.07, 6.45) is 0. The third-order valence-corrected chi connectivity index (χ3v) is 3.43. The van der Waals surface area contributed by atoms with Crippen LogP contribution in [0.3, 0.4) is 0 Å². The van der Waals surface area contributed by atoms with Gasteiger partial charge in [0.2, 0.25) is 5.09 Å². The van der Waals surface area contributed by atoms with Gasteiger partial charge in [-0.3, -0.25) is 0 Å². The van der Waals surface area contributed by atoms with Crippen LogP contribution < -0.4 is 4.72 Å². The minimum atomic E-state index is -3.65. The lowest BCUT2D eigenvalue weighted by Gasteiger charge is -2.10. The molecular weight excluding hydrogens is 246 g/mol. The van der Waals surface area contributed by atoms with Crippen molar-refractivity contribution in [2.24, 2.45) is 5.92 Å². The highest BCUT2D eigenvalue weighted by Crippen LogP contribution is 2.13. The number of aliphatic hydroxyl groups is 1. The number of hydrogen-bond donors (Lipinski definition) is 2. The molecule has 1 aromatic rings. The monoisotopic (exact) mass is 263 g/mol. The van der Waals surface area contributed by atoms with Gasteiger partial charge in [-0.15, -0.1) is 0 Å². The van der Waals surface area contributed by atoms with E-state index in [0.29, 0.717) is 6.61 Å². The Morgan fingerprint density at radius 1 is 1.53 bits per heavy atom. The van der Waals surface area contributed by atoms with Crippen LogP contribution in [-0.4, -0.2) is 33.8 Å². The fourth-order valence-corrected chi connectivity index (χ4v) is 2.36. The van der Waals surface area contributed by atoms with E-state index in [4.69, 9.17) is 14.3 Å². The highest BCUT2D eigenvalue weighted by Gasteiger charge is 2.19. The SMILES string of the molecule is COCC(C)CNS(=O)(=O)c1ccc(CO)o1. The standard InChI is InChI=1S/C10H17NO5S/c1-8(7-15-2)5-11-17(13,14)10-4-3-9(6-12)16-10/h3-4,8,11-12H,5-7H2,1-2H3. The molecule has 0 aliphatic heterocycles. The van der Waals surface area contributed by atoms with E-state index in [1.165, 1.54) is 12.1 Å². The van der Waals surface area contributed by atoms with Crippen molar-refractivity contribution in [2.75, 3.05) is 20.3 Å². The van der Waals surface area contributed by atoms with Gasteiger partial charge in [0.15, 0.2) is 0 Å². The second-order valence-electron chi connectivity index (χ2n) is 3.79. The summed E-state index contributed by atoms with van der Waals surface area (Å²) in [5.74, 6) is 0.289. The molecule has 1 rings (SSSR count). The van der Waals surface area contributed by atoms with Crippen LogP contribution in [-0.2, 0) is 21.4 Å². The van der Waals surface area contributed by atoms with Crippen molar-refractivity contribution in [1.82, 2.24) is 4.72 Å². The summed E-state index contributed by atoms with van der Waals surface area (Å²) in [5.41, 5.74) is 0. The molecule has 0 aliphatic rings. The van der Waals surface area contributed by atoms with Crippen molar-refractivity contribution in [2.45, 2.75) is 18.6 Å². The maximum atomic E-state index is 11.7. The lowest BCUT2D eigenvalue weighted by Crippen LogP contribution is -2.29. The summed E-state index contributed by atoms with van der Waals surface area (Å²) >= 11 is 0. The summed E-state index contributed by atoms with van der Waals surface area (Å²) in [5, 5.41) is 8.59. The predicted octanol–water partition coefficient (Wildman–Crippen LogP) is 0.333. The van der Waals surface area contributed by atoms with Gasteiger partial charge in [-0.1, -0.05) is 6.92 Å². The molecule has 0 saturated carbocycles. The van der Waals surface area contributed by atoms with Gasteiger partial charge in [0, 0.05) is 20.3 Å². The number of ether oxygens (including phenoxy) is 1. The number of hydrogen-bond acceptors (Lipinski definition) is 5. The van der Waals surface area contributed by atoms with E-state index in [9.17, 15) is 8.42 Å². The van der Waals surface area contributed by atoms with Crippen LogP contribution in [0.5, 0.6) is 0 Å². The smallest absolute Gasteiger partial charge is 0.273 e. The fourth-order valence-electron chi connectivity index (χ4n) is 1.25. The minimum absolute atomic E-state index is 0.0713. The molecule has 0 spiro atoms. The molecule has 6 nitrogen and oxygen atoms in total. The first-order chi connectivity index (χ1) is 7.99. The van der Waals surface area contributed by atoms with Crippen LogP contribution in [0.15, 0.2) is 21.6 Å². The van der Waals surface area contributed by atoms with Gasteiger partial charge in [-0.2, -0.15) is 0 Å². The average molecular weight is 263 g/mol. The Bertz CT molecular complexity index is 439. The fraction of sp³-hybridized carbons (Fsp3) is 0.600. The molecule has 1 atom stereocenters. The Balaban J connectivity index is 2.62. The summed E-state index contributed by atoms with van der Waals surface area (Å²) in [4.78, 5) is 0. The molecule has 0 aliphatic carbocycles. The Morgan fingerprint density at radius 2 is 2.24 bits per heavy atom. The van der Waals surface area contributed by atoms with Crippen LogP contribution in [0, 0.1) is 5.92 Å². The Labute approximate surface area is 101 Å². The Hall–Kier alpha value is -0.890. The number of sulfonamides is 1. The summed E-state index contributed by atoms with van der Waals surface area (Å²) < 4.78 is 35.8. The van der Waals surface area contributed by atoms with Crippen molar-refractivity contribution >= 4 is 10.0 Å². The maximum absolute atomic E-state index is 11.7. The number of aliphatic hydroxyl groups excluding tert-OH is 1. The van der Waals surface area contributed by atoms with Crippen LogP contribution in [0.4, 0.5) is 0 Å². The highest BCUT2D eigenvalue weighted by atomic mass is 32.2. The summed E-state index contributed by atoms with van der Waals surface area (Å²) in [6, 6.07) is 2.74. The van der Waals surface area contributed by atoms with Gasteiger partial charge in [0.25, 0.3) is 10.0 Å². The second-order valence-corrected chi connectivity index (χ2v) is 5.49. The number of methoxy groups -OCH3 is 1. The lowest BCUT2D eigenvalue weighted by atomic mass is 10.2. The third kappa shape index (κ3) is 4.12.